The molecule has 0 aromatic heterocycles. The van der Waals surface area contributed by atoms with E-state index in [0.717, 1.165) is 11.1 Å². The molecule has 1 unspecified atom stereocenters. The Kier molecular flexibility index (Phi) is 10.7. The molecule has 3 N–H and O–H groups in total. The fraction of sp³-hybridized carbons (Fsp3) is 0.375. The third-order valence-corrected chi connectivity index (χ3v) is 4.45. The molecule has 0 saturated carbocycles. The molecule has 8 nitrogen and oxygen atoms in total. The van der Waals surface area contributed by atoms with Gasteiger partial charge in [0.25, 0.3) is 0 Å². The normalized spacial score (nSPS) is 11.5. The molecule has 0 radical (unpaired) electrons. The fourth-order valence-electron chi connectivity index (χ4n) is 2.86. The highest BCUT2D eigenvalue weighted by Crippen LogP contribution is 2.07. The van der Waals surface area contributed by atoms with Gasteiger partial charge in [0.1, 0.15) is 12.6 Å². The van der Waals surface area contributed by atoms with Crippen molar-refractivity contribution in [2.45, 2.75) is 45.9 Å². The number of alkyl carbamates (subject to hydrolysis) is 1. The van der Waals surface area contributed by atoms with Crippen LogP contribution in [0.25, 0.3) is 0 Å². The minimum Gasteiger partial charge on any atom is -0.445 e. The molecule has 0 aliphatic rings. The predicted molar refractivity (Wildman–Crippen MR) is 120 cm³/mol. The van der Waals surface area contributed by atoms with Crippen LogP contribution in [0, 0.1) is 5.92 Å². The van der Waals surface area contributed by atoms with Crippen LogP contribution in [0.3, 0.4) is 0 Å². The molecule has 8 heteroatoms. The van der Waals surface area contributed by atoms with Crippen molar-refractivity contribution in [2.75, 3.05) is 6.54 Å². The van der Waals surface area contributed by atoms with Crippen LogP contribution in [-0.4, -0.2) is 30.5 Å². The zero-order valence-corrected chi connectivity index (χ0v) is 18.5. The first-order valence-electron chi connectivity index (χ1n) is 10.6. The van der Waals surface area contributed by atoms with Gasteiger partial charge < -0.3 is 15.4 Å². The van der Waals surface area contributed by atoms with Crippen LogP contribution in [0.5, 0.6) is 0 Å². The van der Waals surface area contributed by atoms with Crippen molar-refractivity contribution in [1.29, 1.82) is 0 Å². The summed E-state index contributed by atoms with van der Waals surface area (Å²) in [5.74, 6) is -0.542. The molecule has 3 amide bonds. The van der Waals surface area contributed by atoms with E-state index in [9.17, 15) is 14.4 Å². The Hall–Kier alpha value is -3.39. The maximum Gasteiger partial charge on any atom is 0.408 e. The lowest BCUT2D eigenvalue weighted by molar-refractivity contribution is -0.134. The summed E-state index contributed by atoms with van der Waals surface area (Å²) >= 11 is 0. The van der Waals surface area contributed by atoms with Crippen LogP contribution in [0.15, 0.2) is 60.7 Å². The second kappa shape index (κ2) is 13.8. The molecule has 0 fully saturated rings. The lowest BCUT2D eigenvalue weighted by atomic mass is 10.0. The van der Waals surface area contributed by atoms with E-state index in [2.05, 4.69) is 16.1 Å². The fourth-order valence-corrected chi connectivity index (χ4v) is 2.86. The molecule has 172 valence electrons. The summed E-state index contributed by atoms with van der Waals surface area (Å²) in [4.78, 5) is 41.7. The molecule has 32 heavy (non-hydrogen) atoms. The second-order valence-electron chi connectivity index (χ2n) is 7.73. The van der Waals surface area contributed by atoms with Gasteiger partial charge in [-0.2, -0.15) is 0 Å². The lowest BCUT2D eigenvalue weighted by Gasteiger charge is -2.20. The highest BCUT2D eigenvalue weighted by molar-refractivity contribution is 5.86. The van der Waals surface area contributed by atoms with E-state index in [1.807, 2.05) is 74.5 Å². The number of rotatable bonds is 12. The van der Waals surface area contributed by atoms with Gasteiger partial charge in [0.15, 0.2) is 0 Å². The summed E-state index contributed by atoms with van der Waals surface area (Å²) in [5.41, 5.74) is 4.14. The van der Waals surface area contributed by atoms with Crippen molar-refractivity contribution >= 4 is 17.9 Å². The standard InChI is InChI=1S/C24H31N3O5/c1-18(2)15-21(26-24(30)31-16-19-9-5-3-6-10-19)23(29)25-14-13-22(28)27-32-17-20-11-7-4-8-12-20/h3-12,18,21H,13-17H2,1-2H3,(H,25,29)(H,26,30)(H,27,28). The van der Waals surface area contributed by atoms with Crippen LogP contribution in [-0.2, 0) is 32.4 Å². The average molecular weight is 442 g/mol. The summed E-state index contributed by atoms with van der Waals surface area (Å²) in [6.45, 7) is 4.40. The van der Waals surface area contributed by atoms with Crippen molar-refractivity contribution in [3.05, 3.63) is 71.8 Å². The summed E-state index contributed by atoms with van der Waals surface area (Å²) in [5, 5.41) is 5.29. The smallest absolute Gasteiger partial charge is 0.408 e. The van der Waals surface area contributed by atoms with E-state index in [1.165, 1.54) is 0 Å². The number of hydroxylamine groups is 1. The van der Waals surface area contributed by atoms with Crippen molar-refractivity contribution < 1.29 is 24.0 Å². The summed E-state index contributed by atoms with van der Waals surface area (Å²) in [6, 6.07) is 18.0. The van der Waals surface area contributed by atoms with E-state index in [1.54, 1.807) is 0 Å². The molecule has 0 bridgehead atoms. The minimum atomic E-state index is -0.754. The Labute approximate surface area is 188 Å². The SMILES string of the molecule is CC(C)CC(NC(=O)OCc1ccccc1)C(=O)NCCC(=O)NOCc1ccccc1. The maximum absolute atomic E-state index is 12.5. The summed E-state index contributed by atoms with van der Waals surface area (Å²) in [7, 11) is 0. The van der Waals surface area contributed by atoms with Crippen molar-refractivity contribution in [1.82, 2.24) is 16.1 Å². The number of amides is 3. The monoisotopic (exact) mass is 441 g/mol. The van der Waals surface area contributed by atoms with Crippen molar-refractivity contribution in [3.8, 4) is 0 Å². The largest absolute Gasteiger partial charge is 0.445 e. The number of hydrogen-bond acceptors (Lipinski definition) is 5. The van der Waals surface area contributed by atoms with E-state index in [0.29, 0.717) is 6.42 Å². The Bertz CT molecular complexity index is 843. The minimum absolute atomic E-state index is 0.0490. The van der Waals surface area contributed by atoms with Gasteiger partial charge in [0, 0.05) is 13.0 Å². The van der Waals surface area contributed by atoms with Crippen LogP contribution < -0.4 is 16.1 Å². The Balaban J connectivity index is 1.70. The molecule has 0 spiro atoms. The number of benzene rings is 2. The maximum atomic E-state index is 12.5. The van der Waals surface area contributed by atoms with Gasteiger partial charge in [0.05, 0.1) is 6.61 Å². The van der Waals surface area contributed by atoms with Gasteiger partial charge in [-0.25, -0.2) is 10.3 Å². The van der Waals surface area contributed by atoms with Crippen LogP contribution >= 0.6 is 0 Å². The van der Waals surface area contributed by atoms with Crippen molar-refractivity contribution in [3.63, 3.8) is 0 Å². The van der Waals surface area contributed by atoms with E-state index in [-0.39, 0.29) is 43.9 Å². The zero-order valence-electron chi connectivity index (χ0n) is 18.5. The molecular weight excluding hydrogens is 410 g/mol. The van der Waals surface area contributed by atoms with E-state index in [4.69, 9.17) is 9.57 Å². The first-order chi connectivity index (χ1) is 15.4. The van der Waals surface area contributed by atoms with Gasteiger partial charge in [0.2, 0.25) is 11.8 Å². The second-order valence-corrected chi connectivity index (χ2v) is 7.73. The molecule has 1 atom stereocenters. The number of carbonyl (C=O) groups is 3. The van der Waals surface area contributed by atoms with E-state index < -0.39 is 12.1 Å². The highest BCUT2D eigenvalue weighted by atomic mass is 16.6. The zero-order chi connectivity index (χ0) is 23.2. The number of hydrogen-bond donors (Lipinski definition) is 3. The first kappa shape index (κ1) is 24.9. The van der Waals surface area contributed by atoms with Crippen molar-refractivity contribution in [2.24, 2.45) is 5.92 Å². The quantitative estimate of drug-likeness (QED) is 0.439. The molecule has 0 aliphatic carbocycles. The Morgan fingerprint density at radius 1 is 0.875 bits per heavy atom. The molecule has 0 heterocycles. The third kappa shape index (κ3) is 10.1. The van der Waals surface area contributed by atoms with Crippen LogP contribution in [0.1, 0.15) is 37.8 Å². The van der Waals surface area contributed by atoms with Crippen LogP contribution in [0.4, 0.5) is 4.79 Å². The molecular formula is C24H31N3O5. The predicted octanol–water partition coefficient (Wildman–Crippen LogP) is 3.08. The molecule has 0 aliphatic heterocycles. The van der Waals surface area contributed by atoms with Gasteiger partial charge >= 0.3 is 6.09 Å². The van der Waals surface area contributed by atoms with Gasteiger partial charge in [-0.3, -0.25) is 14.4 Å². The Morgan fingerprint density at radius 2 is 1.47 bits per heavy atom. The molecule has 2 rings (SSSR count). The average Bonchev–Trinajstić information content (AvgIpc) is 2.78. The molecule has 2 aromatic rings. The number of nitrogens with one attached hydrogen (secondary N) is 3. The topological polar surface area (TPSA) is 106 Å². The van der Waals surface area contributed by atoms with Gasteiger partial charge in [-0.1, -0.05) is 74.5 Å². The number of carbonyl (C=O) groups excluding carboxylic acids is 3. The van der Waals surface area contributed by atoms with Gasteiger partial charge in [-0.15, -0.1) is 0 Å². The molecule has 2 aromatic carbocycles. The highest BCUT2D eigenvalue weighted by Gasteiger charge is 2.22. The Morgan fingerprint density at radius 3 is 2.06 bits per heavy atom. The molecule has 0 saturated heterocycles. The van der Waals surface area contributed by atoms with E-state index >= 15 is 0 Å². The number of ether oxygens (including phenoxy) is 1. The first-order valence-corrected chi connectivity index (χ1v) is 10.6. The third-order valence-electron chi connectivity index (χ3n) is 4.45. The van der Waals surface area contributed by atoms with Gasteiger partial charge in [-0.05, 0) is 23.5 Å². The summed E-state index contributed by atoms with van der Waals surface area (Å²) < 4.78 is 5.20. The summed E-state index contributed by atoms with van der Waals surface area (Å²) in [6.07, 6.45) is -0.173. The lowest BCUT2D eigenvalue weighted by Crippen LogP contribution is -2.48. The van der Waals surface area contributed by atoms with Crippen LogP contribution in [0.2, 0.25) is 0 Å².